The van der Waals surface area contributed by atoms with E-state index in [0.29, 0.717) is 5.89 Å². The molecule has 0 radical (unpaired) electrons. The van der Waals surface area contributed by atoms with E-state index in [-0.39, 0.29) is 12.4 Å². The monoisotopic (exact) mass is 222 g/mol. The highest BCUT2D eigenvalue weighted by Gasteiger charge is 2.14. The van der Waals surface area contributed by atoms with Crippen LogP contribution in [0.1, 0.15) is 25.4 Å². The number of aryl methyl sites for hydroxylation is 2. The third kappa shape index (κ3) is 1.83. The Labute approximate surface area is 92.9 Å². The molecule has 0 aliphatic rings. The second-order valence-electron chi connectivity index (χ2n) is 3.36. The molecule has 1 N–H and O–H groups in total. The van der Waals surface area contributed by atoms with Gasteiger partial charge in [0.15, 0.2) is 5.82 Å². The molecule has 16 heavy (non-hydrogen) atoms. The summed E-state index contributed by atoms with van der Waals surface area (Å²) in [5.41, 5.74) is 1.78. The van der Waals surface area contributed by atoms with E-state index in [1.54, 1.807) is 0 Å². The maximum absolute atomic E-state index is 8.87. The van der Waals surface area contributed by atoms with E-state index in [4.69, 9.17) is 9.63 Å². The van der Waals surface area contributed by atoms with Gasteiger partial charge in [0.25, 0.3) is 5.89 Å². The van der Waals surface area contributed by atoms with Gasteiger partial charge in [-0.25, -0.2) is 0 Å². The number of aliphatic hydroxyl groups is 1. The number of hydrogen-bond donors (Lipinski definition) is 1. The summed E-state index contributed by atoms with van der Waals surface area (Å²) in [6.45, 7) is 4.56. The van der Waals surface area contributed by atoms with E-state index < -0.39 is 0 Å². The summed E-state index contributed by atoms with van der Waals surface area (Å²) < 4.78 is 6.87. The van der Waals surface area contributed by atoms with Crippen LogP contribution >= 0.6 is 0 Å². The molecule has 0 unspecified atom stereocenters. The minimum absolute atomic E-state index is 0.218. The van der Waals surface area contributed by atoms with Crippen molar-refractivity contribution < 1.29 is 9.63 Å². The van der Waals surface area contributed by atoms with E-state index in [1.165, 1.54) is 0 Å². The van der Waals surface area contributed by atoms with Crippen molar-refractivity contribution in [1.82, 2.24) is 19.9 Å². The van der Waals surface area contributed by atoms with Crippen LogP contribution < -0.4 is 0 Å². The average molecular weight is 222 g/mol. The molecule has 0 aliphatic carbocycles. The van der Waals surface area contributed by atoms with Crippen molar-refractivity contribution >= 4 is 0 Å². The van der Waals surface area contributed by atoms with Crippen LogP contribution in [0.25, 0.3) is 11.6 Å². The van der Waals surface area contributed by atoms with Gasteiger partial charge in [-0.2, -0.15) is 10.1 Å². The second-order valence-corrected chi connectivity index (χ2v) is 3.36. The van der Waals surface area contributed by atoms with Gasteiger partial charge >= 0.3 is 0 Å². The summed E-state index contributed by atoms with van der Waals surface area (Å²) in [7, 11) is 0. The molecule has 2 aromatic rings. The van der Waals surface area contributed by atoms with Gasteiger partial charge in [0.2, 0.25) is 0 Å². The van der Waals surface area contributed by atoms with Gasteiger partial charge in [-0.15, -0.1) is 0 Å². The van der Waals surface area contributed by atoms with Gasteiger partial charge in [-0.05, 0) is 19.4 Å². The predicted molar refractivity (Wildman–Crippen MR) is 56.5 cm³/mol. The van der Waals surface area contributed by atoms with Gasteiger partial charge in [0.1, 0.15) is 12.3 Å². The highest BCUT2D eigenvalue weighted by atomic mass is 16.5. The number of aromatic nitrogens is 4. The molecule has 0 saturated carbocycles. The molecule has 2 heterocycles. The largest absolute Gasteiger partial charge is 0.388 e. The lowest BCUT2D eigenvalue weighted by molar-refractivity contribution is 0.264. The summed E-state index contributed by atoms with van der Waals surface area (Å²) in [4.78, 5) is 4.07. The van der Waals surface area contributed by atoms with Crippen LogP contribution in [-0.2, 0) is 19.6 Å². The topological polar surface area (TPSA) is 77.0 Å². The van der Waals surface area contributed by atoms with Gasteiger partial charge in [0, 0.05) is 6.54 Å². The maximum Gasteiger partial charge on any atom is 0.276 e. The Morgan fingerprint density at radius 2 is 2.25 bits per heavy atom. The molecule has 0 amide bonds. The minimum Gasteiger partial charge on any atom is -0.388 e. The Balaban J connectivity index is 2.41. The Kier molecular flexibility index (Phi) is 3.00. The highest BCUT2D eigenvalue weighted by Crippen LogP contribution is 2.19. The number of aliphatic hydroxyl groups excluding tert-OH is 1. The van der Waals surface area contributed by atoms with E-state index in [2.05, 4.69) is 15.2 Å². The Morgan fingerprint density at radius 3 is 2.81 bits per heavy atom. The molecule has 86 valence electrons. The summed E-state index contributed by atoms with van der Waals surface area (Å²) in [5, 5.41) is 16.9. The fraction of sp³-hybridized carbons (Fsp3) is 0.500. The SMILES string of the molecule is CCc1cc(-c2nc(CO)no2)n(CC)n1. The van der Waals surface area contributed by atoms with Crippen molar-refractivity contribution in [2.24, 2.45) is 0 Å². The molecule has 0 atom stereocenters. The van der Waals surface area contributed by atoms with Gasteiger partial charge in [-0.1, -0.05) is 12.1 Å². The number of hydrogen-bond acceptors (Lipinski definition) is 5. The Hall–Kier alpha value is -1.69. The van der Waals surface area contributed by atoms with Crippen molar-refractivity contribution in [1.29, 1.82) is 0 Å². The van der Waals surface area contributed by atoms with Crippen LogP contribution in [0.4, 0.5) is 0 Å². The van der Waals surface area contributed by atoms with Crippen molar-refractivity contribution in [2.45, 2.75) is 33.4 Å². The second kappa shape index (κ2) is 4.44. The third-order valence-corrected chi connectivity index (χ3v) is 2.32. The lowest BCUT2D eigenvalue weighted by atomic mass is 10.3. The van der Waals surface area contributed by atoms with E-state index >= 15 is 0 Å². The minimum atomic E-state index is -0.218. The summed E-state index contributed by atoms with van der Waals surface area (Å²) in [6.07, 6.45) is 0.862. The molecular weight excluding hydrogens is 208 g/mol. The van der Waals surface area contributed by atoms with Crippen molar-refractivity contribution in [3.05, 3.63) is 17.6 Å². The molecule has 2 rings (SSSR count). The molecule has 2 aromatic heterocycles. The van der Waals surface area contributed by atoms with Crippen LogP contribution in [0, 0.1) is 0 Å². The fourth-order valence-corrected chi connectivity index (χ4v) is 1.48. The van der Waals surface area contributed by atoms with Crippen molar-refractivity contribution in [3.63, 3.8) is 0 Å². The number of nitrogens with zero attached hydrogens (tertiary/aromatic N) is 4. The zero-order valence-electron chi connectivity index (χ0n) is 9.34. The lowest BCUT2D eigenvalue weighted by Crippen LogP contribution is -1.99. The molecule has 0 bridgehead atoms. The van der Waals surface area contributed by atoms with Crippen LogP contribution in [0.2, 0.25) is 0 Å². The molecule has 0 aliphatic heterocycles. The van der Waals surface area contributed by atoms with Crippen LogP contribution in [-0.4, -0.2) is 25.0 Å². The first-order valence-corrected chi connectivity index (χ1v) is 5.29. The van der Waals surface area contributed by atoms with Crippen LogP contribution in [0.15, 0.2) is 10.6 Å². The molecular formula is C10H14N4O2. The molecule has 6 heteroatoms. The molecule has 6 nitrogen and oxygen atoms in total. The smallest absolute Gasteiger partial charge is 0.276 e. The Bertz CT molecular complexity index is 475. The van der Waals surface area contributed by atoms with Crippen LogP contribution in [0.5, 0.6) is 0 Å². The maximum atomic E-state index is 8.87. The van der Waals surface area contributed by atoms with Crippen molar-refractivity contribution in [3.8, 4) is 11.6 Å². The number of rotatable bonds is 4. The normalized spacial score (nSPS) is 10.9. The summed E-state index contributed by atoms with van der Waals surface area (Å²) in [5.74, 6) is 0.690. The standard InChI is InChI=1S/C10H14N4O2/c1-3-7-5-8(14(4-2)12-7)10-11-9(6-15)13-16-10/h5,15H,3-4,6H2,1-2H3. The zero-order chi connectivity index (χ0) is 11.5. The van der Waals surface area contributed by atoms with Gasteiger partial charge in [0.05, 0.1) is 5.69 Å². The first-order valence-electron chi connectivity index (χ1n) is 5.29. The van der Waals surface area contributed by atoms with E-state index in [9.17, 15) is 0 Å². The molecule has 0 fully saturated rings. The highest BCUT2D eigenvalue weighted by molar-refractivity contribution is 5.47. The van der Waals surface area contributed by atoms with Crippen molar-refractivity contribution in [2.75, 3.05) is 0 Å². The van der Waals surface area contributed by atoms with Gasteiger partial charge < -0.3 is 9.63 Å². The van der Waals surface area contributed by atoms with E-state index in [1.807, 2.05) is 24.6 Å². The summed E-state index contributed by atoms with van der Waals surface area (Å²) >= 11 is 0. The fourth-order valence-electron chi connectivity index (χ4n) is 1.48. The predicted octanol–water partition coefficient (Wildman–Crippen LogP) is 1.01. The molecule has 0 aromatic carbocycles. The molecule has 0 saturated heterocycles. The lowest BCUT2D eigenvalue weighted by Gasteiger charge is -1.97. The zero-order valence-corrected chi connectivity index (χ0v) is 9.34. The van der Waals surface area contributed by atoms with Gasteiger partial charge in [-0.3, -0.25) is 4.68 Å². The molecule has 0 spiro atoms. The first kappa shape index (κ1) is 10.8. The third-order valence-electron chi connectivity index (χ3n) is 2.32. The average Bonchev–Trinajstić information content (AvgIpc) is 2.94. The Morgan fingerprint density at radius 1 is 1.44 bits per heavy atom. The quantitative estimate of drug-likeness (QED) is 0.835. The first-order chi connectivity index (χ1) is 7.78. The van der Waals surface area contributed by atoms with E-state index in [0.717, 1.165) is 24.4 Å². The van der Waals surface area contributed by atoms with Crippen LogP contribution in [0.3, 0.4) is 0 Å². The summed E-state index contributed by atoms with van der Waals surface area (Å²) in [6, 6.07) is 1.93.